The zero-order chi connectivity index (χ0) is 14.0. The molecule has 2 rings (SSSR count). The summed E-state index contributed by atoms with van der Waals surface area (Å²) in [5.41, 5.74) is 2.50. The Labute approximate surface area is 129 Å². The van der Waals surface area contributed by atoms with E-state index in [2.05, 4.69) is 37.2 Å². The maximum atomic E-state index is 12.3. The van der Waals surface area contributed by atoms with Crippen molar-refractivity contribution in [2.75, 3.05) is 5.32 Å². The molecule has 1 aromatic carbocycles. The Hall–Kier alpha value is -1.07. The molecule has 0 radical (unpaired) electrons. The summed E-state index contributed by atoms with van der Waals surface area (Å²) in [6.07, 6.45) is 1.91. The van der Waals surface area contributed by atoms with E-state index in [-0.39, 0.29) is 5.91 Å². The van der Waals surface area contributed by atoms with Crippen LogP contribution < -0.4 is 5.32 Å². The van der Waals surface area contributed by atoms with Gasteiger partial charge in [-0.15, -0.1) is 0 Å². The van der Waals surface area contributed by atoms with Crippen LogP contribution in [0, 0.1) is 6.92 Å². The minimum absolute atomic E-state index is 0.0991. The third-order valence-electron chi connectivity index (χ3n) is 2.87. The maximum absolute atomic E-state index is 12.3. The van der Waals surface area contributed by atoms with Crippen molar-refractivity contribution in [3.63, 3.8) is 0 Å². The Balaban J connectivity index is 2.25. The minimum Gasteiger partial charge on any atom is -0.343 e. The van der Waals surface area contributed by atoms with Crippen LogP contribution in [0.15, 0.2) is 39.4 Å². The van der Waals surface area contributed by atoms with Gasteiger partial charge in [-0.1, -0.05) is 15.9 Å². The first kappa shape index (κ1) is 14.3. The Morgan fingerprint density at radius 2 is 2.00 bits per heavy atom. The molecule has 0 bridgehead atoms. The van der Waals surface area contributed by atoms with Gasteiger partial charge in [0.15, 0.2) is 0 Å². The number of rotatable bonds is 3. The van der Waals surface area contributed by atoms with E-state index in [0.29, 0.717) is 5.69 Å². The van der Waals surface area contributed by atoms with Crippen LogP contribution in [-0.2, 0) is 6.54 Å². The molecule has 1 aromatic heterocycles. The smallest absolute Gasteiger partial charge is 0.272 e. The highest BCUT2D eigenvalue weighted by atomic mass is 79.9. The number of benzene rings is 1. The maximum Gasteiger partial charge on any atom is 0.272 e. The number of hydrogen-bond donors (Lipinski definition) is 1. The van der Waals surface area contributed by atoms with Gasteiger partial charge in [0.05, 0.1) is 0 Å². The van der Waals surface area contributed by atoms with Crippen LogP contribution in [0.4, 0.5) is 5.69 Å². The van der Waals surface area contributed by atoms with Crippen molar-refractivity contribution in [2.45, 2.75) is 20.4 Å². The van der Waals surface area contributed by atoms with E-state index in [1.165, 1.54) is 0 Å². The lowest BCUT2D eigenvalue weighted by Crippen LogP contribution is -2.16. The molecule has 0 spiro atoms. The van der Waals surface area contributed by atoms with Crippen molar-refractivity contribution in [3.8, 4) is 0 Å². The summed E-state index contributed by atoms with van der Waals surface area (Å²) in [6.45, 7) is 4.73. The molecule has 1 heterocycles. The average molecular weight is 386 g/mol. The molecule has 0 saturated carbocycles. The second-order valence-corrected chi connectivity index (χ2v) is 6.07. The van der Waals surface area contributed by atoms with Crippen LogP contribution in [0.1, 0.15) is 23.0 Å². The Kier molecular flexibility index (Phi) is 4.47. The van der Waals surface area contributed by atoms with Gasteiger partial charge < -0.3 is 9.88 Å². The molecule has 0 aliphatic rings. The van der Waals surface area contributed by atoms with Crippen molar-refractivity contribution in [3.05, 3.63) is 50.7 Å². The zero-order valence-corrected chi connectivity index (χ0v) is 13.9. The van der Waals surface area contributed by atoms with Gasteiger partial charge in [0.25, 0.3) is 5.91 Å². The molecule has 3 nitrogen and oxygen atoms in total. The van der Waals surface area contributed by atoms with Crippen LogP contribution in [0.5, 0.6) is 0 Å². The number of aryl methyl sites for hydroxylation is 2. The van der Waals surface area contributed by atoms with Crippen molar-refractivity contribution in [1.82, 2.24) is 4.57 Å². The lowest BCUT2D eigenvalue weighted by atomic mass is 10.2. The van der Waals surface area contributed by atoms with Crippen LogP contribution in [-0.4, -0.2) is 10.5 Å². The summed E-state index contributed by atoms with van der Waals surface area (Å²) >= 11 is 6.81. The largest absolute Gasteiger partial charge is 0.343 e. The molecule has 2 aromatic rings. The summed E-state index contributed by atoms with van der Waals surface area (Å²) in [6, 6.07) is 7.61. The summed E-state index contributed by atoms with van der Waals surface area (Å²) in [5, 5.41) is 2.94. The molecule has 1 amide bonds. The third-order valence-corrected chi connectivity index (χ3v) is 3.80. The molecule has 0 aliphatic carbocycles. The summed E-state index contributed by atoms with van der Waals surface area (Å²) < 4.78 is 3.82. The van der Waals surface area contributed by atoms with E-state index in [1.54, 1.807) is 0 Å². The van der Waals surface area contributed by atoms with E-state index in [1.807, 2.05) is 48.9 Å². The molecular formula is C14H14Br2N2O. The van der Waals surface area contributed by atoms with E-state index in [9.17, 15) is 4.79 Å². The van der Waals surface area contributed by atoms with Crippen molar-refractivity contribution in [2.24, 2.45) is 0 Å². The molecule has 0 fully saturated rings. The van der Waals surface area contributed by atoms with Crippen LogP contribution >= 0.6 is 31.9 Å². The second kappa shape index (κ2) is 5.92. The Bertz CT molecular complexity index is 620. The predicted molar refractivity (Wildman–Crippen MR) is 84.6 cm³/mol. The number of hydrogen-bond acceptors (Lipinski definition) is 1. The number of amides is 1. The fourth-order valence-electron chi connectivity index (χ4n) is 1.88. The normalized spacial score (nSPS) is 10.5. The predicted octanol–water partition coefficient (Wildman–Crippen LogP) is 4.59. The minimum atomic E-state index is -0.0991. The molecule has 0 saturated heterocycles. The van der Waals surface area contributed by atoms with Gasteiger partial charge in [-0.2, -0.15) is 0 Å². The number of nitrogens with zero attached hydrogens (tertiary/aromatic N) is 1. The molecular weight excluding hydrogens is 372 g/mol. The van der Waals surface area contributed by atoms with Gasteiger partial charge in [-0.05, 0) is 59.6 Å². The zero-order valence-electron chi connectivity index (χ0n) is 10.7. The fraction of sp³-hybridized carbons (Fsp3) is 0.214. The lowest BCUT2D eigenvalue weighted by molar-refractivity contribution is 0.101. The van der Waals surface area contributed by atoms with Crippen LogP contribution in [0.25, 0.3) is 0 Å². The molecule has 0 unspecified atom stereocenters. The highest BCUT2D eigenvalue weighted by Gasteiger charge is 2.13. The summed E-state index contributed by atoms with van der Waals surface area (Å²) in [4.78, 5) is 12.3. The monoisotopic (exact) mass is 384 g/mol. The van der Waals surface area contributed by atoms with E-state index >= 15 is 0 Å². The van der Waals surface area contributed by atoms with Gasteiger partial charge >= 0.3 is 0 Å². The van der Waals surface area contributed by atoms with E-state index < -0.39 is 0 Å². The topological polar surface area (TPSA) is 34.0 Å². The first-order valence-electron chi connectivity index (χ1n) is 5.94. The number of carbonyl (C=O) groups excluding carboxylic acids is 1. The molecule has 5 heteroatoms. The number of aromatic nitrogens is 1. The number of anilines is 1. The standard InChI is InChI=1S/C14H14Br2N2O/c1-3-18-8-11(16)7-13(18)14(19)17-12-5-4-10(15)6-9(12)2/h4-8H,3H2,1-2H3,(H,17,19). The van der Waals surface area contributed by atoms with E-state index in [0.717, 1.165) is 26.7 Å². The lowest BCUT2D eigenvalue weighted by Gasteiger charge is -2.10. The fourth-order valence-corrected chi connectivity index (χ4v) is 2.82. The van der Waals surface area contributed by atoms with Gasteiger partial charge in [-0.3, -0.25) is 4.79 Å². The number of carbonyl (C=O) groups is 1. The van der Waals surface area contributed by atoms with Gasteiger partial charge in [-0.25, -0.2) is 0 Å². The van der Waals surface area contributed by atoms with Crippen LogP contribution in [0.2, 0.25) is 0 Å². The number of nitrogens with one attached hydrogen (secondary N) is 1. The Morgan fingerprint density at radius 1 is 1.26 bits per heavy atom. The molecule has 0 aliphatic heterocycles. The Morgan fingerprint density at radius 3 is 2.63 bits per heavy atom. The van der Waals surface area contributed by atoms with E-state index in [4.69, 9.17) is 0 Å². The highest BCUT2D eigenvalue weighted by molar-refractivity contribution is 9.10. The summed E-state index contributed by atoms with van der Waals surface area (Å²) in [5.74, 6) is -0.0991. The highest BCUT2D eigenvalue weighted by Crippen LogP contribution is 2.22. The third kappa shape index (κ3) is 3.28. The van der Waals surface area contributed by atoms with Crippen LogP contribution in [0.3, 0.4) is 0 Å². The van der Waals surface area contributed by atoms with Gasteiger partial charge in [0, 0.05) is 27.4 Å². The average Bonchev–Trinajstić information content (AvgIpc) is 2.74. The van der Waals surface area contributed by atoms with Crippen molar-refractivity contribution >= 4 is 43.5 Å². The molecule has 1 N–H and O–H groups in total. The summed E-state index contributed by atoms with van der Waals surface area (Å²) in [7, 11) is 0. The molecule has 100 valence electrons. The second-order valence-electron chi connectivity index (χ2n) is 4.24. The quantitative estimate of drug-likeness (QED) is 0.823. The van der Waals surface area contributed by atoms with Gasteiger partial charge in [0.2, 0.25) is 0 Å². The molecule has 19 heavy (non-hydrogen) atoms. The molecule has 0 atom stereocenters. The first-order valence-corrected chi connectivity index (χ1v) is 7.53. The van der Waals surface area contributed by atoms with Crippen molar-refractivity contribution < 1.29 is 4.79 Å². The number of halogens is 2. The van der Waals surface area contributed by atoms with Gasteiger partial charge in [0.1, 0.15) is 5.69 Å². The van der Waals surface area contributed by atoms with Crippen molar-refractivity contribution in [1.29, 1.82) is 0 Å². The SMILES string of the molecule is CCn1cc(Br)cc1C(=O)Nc1ccc(Br)cc1C. The first-order chi connectivity index (χ1) is 9.01.